The number of nitrogen functional groups attached to an aromatic ring is 1. The van der Waals surface area contributed by atoms with Gasteiger partial charge in [-0.3, -0.25) is 37.9 Å². The van der Waals surface area contributed by atoms with Crippen molar-refractivity contribution in [3.63, 3.8) is 0 Å². The van der Waals surface area contributed by atoms with Crippen LogP contribution in [0.5, 0.6) is 0 Å². The maximum absolute atomic E-state index is 13.2. The van der Waals surface area contributed by atoms with Gasteiger partial charge in [0.15, 0.2) is 11.6 Å². The number of benzene rings is 6. The number of carboxylic acid groups (broad SMARTS) is 1. The highest BCUT2D eigenvalue weighted by atomic mass is 79.9. The molecular weight excluding hydrogens is 1310 g/mol. The zero-order valence-electron chi connectivity index (χ0n) is 51.8. The zero-order valence-corrected chi connectivity index (χ0v) is 56.6. The average Bonchev–Trinajstić information content (AvgIpc) is 3.09. The number of anilines is 2. The molecule has 4 N–H and O–H groups in total. The Bertz CT molecular complexity index is 3960. The predicted molar refractivity (Wildman–Crippen MR) is 363 cm³/mol. The number of nitrogens with one attached hydrogen (secondary N) is 1. The molecule has 4 atom stereocenters. The number of carbonyl (C=O) groups excluding carboxylic acids is 3. The van der Waals surface area contributed by atoms with Crippen molar-refractivity contribution in [2.75, 3.05) is 11.1 Å². The summed E-state index contributed by atoms with van der Waals surface area (Å²) in [5.41, 5.74) is 11.3. The van der Waals surface area contributed by atoms with Gasteiger partial charge in [0.2, 0.25) is 5.91 Å². The summed E-state index contributed by atoms with van der Waals surface area (Å²) in [7, 11) is 3.55. The van der Waals surface area contributed by atoms with Gasteiger partial charge in [0.25, 0.3) is 11.1 Å². The highest BCUT2D eigenvalue weighted by molar-refractivity contribution is 9.11. The molecule has 88 heavy (non-hydrogen) atoms. The number of halogens is 5. The lowest BCUT2D eigenvalue weighted by Crippen LogP contribution is -2.23. The molecule has 6 aromatic carbocycles. The first-order valence-electron chi connectivity index (χ1n) is 28.8. The molecule has 2 aromatic heterocycles. The average molecular weight is 1390 g/mol. The lowest BCUT2D eigenvalue weighted by Gasteiger charge is -2.14. The van der Waals surface area contributed by atoms with Crippen LogP contribution in [0, 0.1) is 47.7 Å². The third kappa shape index (κ3) is 22.7. The summed E-state index contributed by atoms with van der Waals surface area (Å²) in [5.74, 6) is 8.90. The molecule has 0 saturated heterocycles. The predicted octanol–water partition coefficient (Wildman–Crippen LogP) is 16.8. The van der Waals surface area contributed by atoms with Crippen LogP contribution in [0.1, 0.15) is 169 Å². The number of amides is 1. The van der Waals surface area contributed by atoms with Crippen LogP contribution in [0.4, 0.5) is 20.2 Å². The fourth-order valence-corrected chi connectivity index (χ4v) is 8.90. The van der Waals surface area contributed by atoms with Crippen molar-refractivity contribution in [1.82, 2.24) is 19.1 Å². The van der Waals surface area contributed by atoms with Crippen LogP contribution >= 0.6 is 47.8 Å². The highest BCUT2D eigenvalue weighted by Gasteiger charge is 2.18. The second kappa shape index (κ2) is 37.1. The van der Waals surface area contributed by atoms with E-state index >= 15 is 0 Å². The first-order valence-corrected chi connectivity index (χ1v) is 31.2. The molecule has 0 aliphatic heterocycles. The van der Waals surface area contributed by atoms with Crippen molar-refractivity contribution >= 4 is 104 Å². The van der Waals surface area contributed by atoms with E-state index in [0.29, 0.717) is 62.8 Å². The number of rotatable bonds is 13. The third-order valence-electron chi connectivity index (χ3n) is 14.0. The number of carboxylic acids is 1. The lowest BCUT2D eigenvalue weighted by atomic mass is 10.0. The van der Waals surface area contributed by atoms with Gasteiger partial charge in [-0.1, -0.05) is 147 Å². The van der Waals surface area contributed by atoms with E-state index in [1.165, 1.54) is 24.3 Å². The van der Waals surface area contributed by atoms with Crippen molar-refractivity contribution in [3.05, 3.63) is 207 Å². The van der Waals surface area contributed by atoms with E-state index in [1.54, 1.807) is 90.8 Å². The monoisotopic (exact) mass is 1390 g/mol. The molecule has 13 nitrogen and oxygen atoms in total. The normalized spacial score (nSPS) is 11.6. The fourth-order valence-electron chi connectivity index (χ4n) is 7.81. The first kappa shape index (κ1) is 74.4. The molecule has 8 aromatic rings. The number of aromatic nitrogens is 4. The van der Waals surface area contributed by atoms with Gasteiger partial charge in [0, 0.05) is 91.6 Å². The number of nitrogens with zero attached hydrogens (tertiary/aromatic N) is 4. The van der Waals surface area contributed by atoms with Crippen LogP contribution in [-0.4, -0.2) is 47.7 Å². The van der Waals surface area contributed by atoms with E-state index in [4.69, 9.17) is 17.3 Å². The summed E-state index contributed by atoms with van der Waals surface area (Å²) < 4.78 is 31.4. The van der Waals surface area contributed by atoms with Gasteiger partial charge in [-0.05, 0) is 135 Å². The highest BCUT2D eigenvalue weighted by Crippen LogP contribution is 2.25. The number of hydrogen-bond donors (Lipinski definition) is 3. The number of carbonyl (C=O) groups is 4. The maximum Gasteiger partial charge on any atom is 0.306 e. The summed E-state index contributed by atoms with van der Waals surface area (Å²) >= 11 is 10.0. The van der Waals surface area contributed by atoms with E-state index in [9.17, 15) is 37.5 Å². The van der Waals surface area contributed by atoms with E-state index < -0.39 is 5.97 Å². The maximum atomic E-state index is 13.2. The molecule has 18 heteroatoms. The standard InChI is InChI=1S/C21H19FN2O.C14H18BrNO2.C13H15BrN2O.C9H10BrNO.C8H5F.C5H10O2/c1-4-14(2)20-23-19-13-16(10-11-18(19)21(25)24(20)3)9-8-15-6-5-7-17(22)12-15;1-4-9(3)14(18)16-12-8-10(15)6-7-11(12)13(17)5-2;1-4-8(2)12-15-11-7-9(14)5-6-10(11)13(17)16(12)3;1-2-9(12)7-4-3-6(10)5-8(7)11;1-2-7-4-3-5-8(9)6-7;1-3-4(2)5(6)7/h5-7,10-14H,4H2,1-3H3;6-9H,4-5H2,1-3H3,(H,16,18);5-8H,4H2,1-3H3;3-5H,2,11H2,1H3;1,3-6H;4H,3H2,1-2H3,(H,6,7). The van der Waals surface area contributed by atoms with Gasteiger partial charge in [0.1, 0.15) is 23.3 Å². The zero-order chi connectivity index (χ0) is 65.9. The van der Waals surface area contributed by atoms with Crippen molar-refractivity contribution in [2.24, 2.45) is 25.9 Å². The molecule has 4 unspecified atom stereocenters. The Morgan fingerprint density at radius 2 is 1.01 bits per heavy atom. The molecule has 0 fully saturated rings. The van der Waals surface area contributed by atoms with Crippen LogP contribution in [0.25, 0.3) is 21.8 Å². The topological polar surface area (TPSA) is 196 Å². The van der Waals surface area contributed by atoms with Crippen LogP contribution in [0.2, 0.25) is 0 Å². The quantitative estimate of drug-likeness (QED) is 0.0567. The van der Waals surface area contributed by atoms with Crippen LogP contribution in [0.15, 0.2) is 144 Å². The summed E-state index contributed by atoms with van der Waals surface area (Å²) in [4.78, 5) is 78.9. The van der Waals surface area contributed by atoms with Crippen LogP contribution < -0.4 is 22.2 Å². The molecule has 0 saturated carbocycles. The molecule has 0 bridgehead atoms. The number of ketones is 2. The molecule has 2 heterocycles. The van der Waals surface area contributed by atoms with E-state index in [2.05, 4.69) is 109 Å². The fraction of sp³-hybridized carbons (Fsp3) is 0.314. The second-order valence-electron chi connectivity index (χ2n) is 20.5. The van der Waals surface area contributed by atoms with Gasteiger partial charge in [-0.25, -0.2) is 18.7 Å². The molecule has 8 rings (SSSR count). The minimum Gasteiger partial charge on any atom is -0.481 e. The van der Waals surface area contributed by atoms with Gasteiger partial charge in [0.05, 0.1) is 33.4 Å². The number of aliphatic carboxylic acids is 1. The van der Waals surface area contributed by atoms with Gasteiger partial charge < -0.3 is 16.2 Å². The molecule has 0 aliphatic rings. The van der Waals surface area contributed by atoms with Gasteiger partial charge in [-0.15, -0.1) is 6.42 Å². The largest absolute Gasteiger partial charge is 0.481 e. The van der Waals surface area contributed by atoms with Crippen LogP contribution in [0.3, 0.4) is 0 Å². The second-order valence-corrected chi connectivity index (χ2v) is 23.3. The van der Waals surface area contributed by atoms with Gasteiger partial charge >= 0.3 is 5.97 Å². The number of terminal acetylenes is 1. The SMILES string of the molecule is C#Cc1cccc(F)c1.CCC(=O)c1ccc(Br)cc1N.CCC(=O)c1ccc(Br)cc1NC(=O)C(C)CC.CCC(C)C(=O)O.CCC(C)c1nc2cc(Br)ccc2c(=O)n1C.CCC(C)c1nc2cc(C#Cc3cccc(F)c3)ccc2c(=O)n1C. The number of fused-ring (bicyclic) bond motifs is 2. The Hall–Kier alpha value is -7.90. The smallest absolute Gasteiger partial charge is 0.306 e. The molecular formula is C70H77Br3F2N6O7. The molecule has 1 amide bonds. The molecule has 464 valence electrons. The number of nitrogens with two attached hydrogens (primary N) is 1. The molecule has 0 aliphatic carbocycles. The molecule has 0 spiro atoms. The Morgan fingerprint density at radius 1 is 0.580 bits per heavy atom. The summed E-state index contributed by atoms with van der Waals surface area (Å²) in [6, 6.07) is 33.7. The van der Waals surface area contributed by atoms with E-state index in [-0.39, 0.29) is 63.9 Å². The third-order valence-corrected chi connectivity index (χ3v) is 15.5. The minimum absolute atomic E-state index is 0.0257. The Labute approximate surface area is 540 Å². The lowest BCUT2D eigenvalue weighted by molar-refractivity contribution is -0.141. The van der Waals surface area contributed by atoms with Crippen LogP contribution in [-0.2, 0) is 23.7 Å². The van der Waals surface area contributed by atoms with E-state index in [1.807, 2.05) is 71.0 Å². The minimum atomic E-state index is -0.706. The number of hydrogen-bond acceptors (Lipinski definition) is 9. The summed E-state index contributed by atoms with van der Waals surface area (Å²) in [5, 5.41) is 12.3. The summed E-state index contributed by atoms with van der Waals surface area (Å²) in [6.45, 7) is 19.3. The van der Waals surface area contributed by atoms with Crippen molar-refractivity contribution in [2.45, 2.75) is 120 Å². The Balaban J connectivity index is 0.000000289. The number of Topliss-reactive ketones (excluding diaryl/α,β-unsaturated/α-hetero) is 2. The van der Waals surface area contributed by atoms with E-state index in [0.717, 1.165) is 61.8 Å². The Morgan fingerprint density at radius 3 is 1.45 bits per heavy atom. The van der Waals surface area contributed by atoms with Crippen molar-refractivity contribution < 1.29 is 33.1 Å². The molecule has 0 radical (unpaired) electrons. The first-order chi connectivity index (χ1) is 41.7. The summed E-state index contributed by atoms with van der Waals surface area (Å²) in [6.07, 6.45) is 9.29. The Kier molecular flexibility index (Phi) is 31.3. The van der Waals surface area contributed by atoms with Crippen molar-refractivity contribution in [3.8, 4) is 24.2 Å². The van der Waals surface area contributed by atoms with Crippen molar-refractivity contribution in [1.29, 1.82) is 0 Å². The van der Waals surface area contributed by atoms with Gasteiger partial charge in [-0.2, -0.15) is 0 Å².